The minimum atomic E-state index is 0.721. The highest BCUT2D eigenvalue weighted by Crippen LogP contribution is 2.26. The number of aryl methyl sites for hydroxylation is 1. The van der Waals surface area contributed by atoms with Crippen molar-refractivity contribution in [2.45, 2.75) is 13.8 Å². The third kappa shape index (κ3) is 3.95. The number of aromatic nitrogens is 1. The third-order valence-corrected chi connectivity index (χ3v) is 5.18. The molecule has 0 unspecified atom stereocenters. The van der Waals surface area contributed by atoms with Gasteiger partial charge in [-0.2, -0.15) is 5.10 Å². The molecule has 6 heteroatoms. The van der Waals surface area contributed by atoms with Crippen molar-refractivity contribution >= 4 is 17.0 Å². The molecule has 1 heterocycles. The van der Waals surface area contributed by atoms with Gasteiger partial charge in [-0.15, -0.1) is 11.3 Å². The zero-order valence-electron chi connectivity index (χ0n) is 16.2. The maximum atomic E-state index is 5.52. The largest absolute Gasteiger partial charge is 0.497 e. The normalized spacial score (nSPS) is 12.3. The smallest absolute Gasteiger partial charge is 0.205 e. The first kappa shape index (κ1) is 18.9. The molecule has 0 aliphatic heterocycles. The van der Waals surface area contributed by atoms with Crippen LogP contribution in [-0.4, -0.2) is 31.7 Å². The van der Waals surface area contributed by atoms with E-state index in [0.29, 0.717) is 0 Å². The van der Waals surface area contributed by atoms with E-state index in [1.807, 2.05) is 29.8 Å². The number of ether oxygens (including phenoxy) is 2. The Labute approximate surface area is 163 Å². The van der Waals surface area contributed by atoms with E-state index in [9.17, 15) is 0 Å². The molecule has 0 saturated carbocycles. The summed E-state index contributed by atoms with van der Waals surface area (Å²) in [5.74, 6) is 1.47. The van der Waals surface area contributed by atoms with Gasteiger partial charge in [-0.05, 0) is 26.0 Å². The first-order valence-electron chi connectivity index (χ1n) is 8.55. The van der Waals surface area contributed by atoms with E-state index in [-0.39, 0.29) is 0 Å². The SMILES string of the molecule is CN=c1scc(-c2ccc(C)cc2)n1N=C(C)c1ccc(OC)cc1OC. The van der Waals surface area contributed by atoms with Gasteiger partial charge in [0.05, 0.1) is 25.6 Å². The Kier molecular flexibility index (Phi) is 5.76. The highest BCUT2D eigenvalue weighted by molar-refractivity contribution is 7.07. The quantitative estimate of drug-likeness (QED) is 0.617. The van der Waals surface area contributed by atoms with E-state index in [0.717, 1.165) is 38.8 Å². The Bertz CT molecular complexity index is 1030. The molecule has 0 aliphatic carbocycles. The summed E-state index contributed by atoms with van der Waals surface area (Å²) < 4.78 is 12.7. The van der Waals surface area contributed by atoms with Crippen molar-refractivity contribution in [1.29, 1.82) is 0 Å². The number of hydrogen-bond acceptors (Lipinski definition) is 5. The number of thiazole rings is 1. The van der Waals surface area contributed by atoms with Crippen molar-refractivity contribution in [3.8, 4) is 22.8 Å². The summed E-state index contributed by atoms with van der Waals surface area (Å²) in [6, 6.07) is 14.1. The number of nitrogens with zero attached hydrogens (tertiary/aromatic N) is 3. The number of benzene rings is 2. The predicted molar refractivity (Wildman–Crippen MR) is 111 cm³/mol. The fourth-order valence-corrected chi connectivity index (χ4v) is 3.57. The Morgan fingerprint density at radius 3 is 2.41 bits per heavy atom. The van der Waals surface area contributed by atoms with Crippen LogP contribution in [0.1, 0.15) is 18.1 Å². The van der Waals surface area contributed by atoms with Gasteiger partial charge in [0, 0.05) is 29.6 Å². The van der Waals surface area contributed by atoms with Crippen LogP contribution in [-0.2, 0) is 0 Å². The first-order chi connectivity index (χ1) is 13.1. The number of hydrogen-bond donors (Lipinski definition) is 0. The van der Waals surface area contributed by atoms with Crippen LogP contribution in [0.5, 0.6) is 11.5 Å². The summed E-state index contributed by atoms with van der Waals surface area (Å²) in [5.41, 5.74) is 5.08. The molecule has 2 aromatic carbocycles. The topological polar surface area (TPSA) is 48.1 Å². The van der Waals surface area contributed by atoms with E-state index < -0.39 is 0 Å². The molecule has 0 amide bonds. The Morgan fingerprint density at radius 2 is 1.78 bits per heavy atom. The summed E-state index contributed by atoms with van der Waals surface area (Å²) in [7, 11) is 5.06. The van der Waals surface area contributed by atoms with Gasteiger partial charge in [0.1, 0.15) is 11.5 Å². The van der Waals surface area contributed by atoms with Crippen LogP contribution >= 0.6 is 11.3 Å². The first-order valence-corrected chi connectivity index (χ1v) is 9.43. The molecule has 0 atom stereocenters. The van der Waals surface area contributed by atoms with Crippen LogP contribution in [0.3, 0.4) is 0 Å². The maximum absolute atomic E-state index is 5.52. The standard InChI is InChI=1S/C21H23N3O2S/c1-14-6-8-16(9-7-14)19-13-27-21(22-3)24(19)23-15(2)18-11-10-17(25-4)12-20(18)26-5/h6-13H,1-5H3. The fourth-order valence-electron chi connectivity index (χ4n) is 2.77. The van der Waals surface area contributed by atoms with E-state index in [1.165, 1.54) is 5.56 Å². The Hall–Kier alpha value is -2.86. The van der Waals surface area contributed by atoms with Crippen molar-refractivity contribution < 1.29 is 9.47 Å². The summed E-state index contributed by atoms with van der Waals surface area (Å²) in [4.78, 5) is 5.20. The van der Waals surface area contributed by atoms with Gasteiger partial charge in [-0.25, -0.2) is 4.68 Å². The second-order valence-electron chi connectivity index (χ2n) is 6.06. The van der Waals surface area contributed by atoms with Crippen LogP contribution in [0.25, 0.3) is 11.3 Å². The van der Waals surface area contributed by atoms with Crippen LogP contribution in [0.15, 0.2) is 57.9 Å². The lowest BCUT2D eigenvalue weighted by atomic mass is 10.1. The molecule has 0 aliphatic rings. The minimum Gasteiger partial charge on any atom is -0.497 e. The molecule has 1 aromatic heterocycles. The minimum absolute atomic E-state index is 0.721. The van der Waals surface area contributed by atoms with E-state index in [1.54, 1.807) is 32.6 Å². The van der Waals surface area contributed by atoms with Crippen LogP contribution in [0.2, 0.25) is 0 Å². The van der Waals surface area contributed by atoms with E-state index in [2.05, 4.69) is 41.6 Å². The van der Waals surface area contributed by atoms with Crippen LogP contribution in [0, 0.1) is 6.92 Å². The van der Waals surface area contributed by atoms with Gasteiger partial charge in [-0.1, -0.05) is 29.8 Å². The van der Waals surface area contributed by atoms with Crippen molar-refractivity contribution in [2.24, 2.45) is 10.1 Å². The number of rotatable bonds is 5. The van der Waals surface area contributed by atoms with Gasteiger partial charge in [0.15, 0.2) is 0 Å². The van der Waals surface area contributed by atoms with Gasteiger partial charge >= 0.3 is 0 Å². The van der Waals surface area contributed by atoms with Gasteiger partial charge in [0.2, 0.25) is 4.80 Å². The third-order valence-electron chi connectivity index (χ3n) is 4.27. The lowest BCUT2D eigenvalue weighted by Gasteiger charge is -2.11. The second kappa shape index (κ2) is 8.22. The molecule has 0 fully saturated rings. The van der Waals surface area contributed by atoms with Crippen LogP contribution in [0.4, 0.5) is 0 Å². The highest BCUT2D eigenvalue weighted by atomic mass is 32.1. The molecule has 3 rings (SSSR count). The lowest BCUT2D eigenvalue weighted by Crippen LogP contribution is -2.14. The Balaban J connectivity index is 2.12. The van der Waals surface area contributed by atoms with Crippen molar-refractivity contribution in [2.75, 3.05) is 21.3 Å². The number of methoxy groups -OCH3 is 2. The average Bonchev–Trinajstić information content (AvgIpc) is 3.10. The summed E-state index contributed by atoms with van der Waals surface area (Å²) in [5, 5.41) is 6.93. The molecular weight excluding hydrogens is 358 g/mol. The molecule has 27 heavy (non-hydrogen) atoms. The van der Waals surface area contributed by atoms with Gasteiger partial charge in [-0.3, -0.25) is 4.99 Å². The molecule has 0 saturated heterocycles. The zero-order valence-corrected chi connectivity index (χ0v) is 17.0. The molecule has 0 spiro atoms. The average molecular weight is 382 g/mol. The predicted octanol–water partition coefficient (Wildman–Crippen LogP) is 4.35. The van der Waals surface area contributed by atoms with Crippen molar-refractivity contribution in [3.05, 3.63) is 63.8 Å². The van der Waals surface area contributed by atoms with E-state index >= 15 is 0 Å². The molecular formula is C21H23N3O2S. The molecule has 0 radical (unpaired) electrons. The van der Waals surface area contributed by atoms with Crippen LogP contribution < -0.4 is 14.3 Å². The fraction of sp³-hybridized carbons (Fsp3) is 0.238. The molecule has 140 valence electrons. The summed E-state index contributed by atoms with van der Waals surface area (Å²) in [6.45, 7) is 4.05. The summed E-state index contributed by atoms with van der Waals surface area (Å²) in [6.07, 6.45) is 0. The monoisotopic (exact) mass is 381 g/mol. The molecule has 5 nitrogen and oxygen atoms in total. The van der Waals surface area contributed by atoms with Gasteiger partial charge < -0.3 is 9.47 Å². The van der Waals surface area contributed by atoms with E-state index in [4.69, 9.17) is 14.6 Å². The molecule has 3 aromatic rings. The molecule has 0 bridgehead atoms. The second-order valence-corrected chi connectivity index (χ2v) is 6.89. The molecule has 0 N–H and O–H groups in total. The highest BCUT2D eigenvalue weighted by Gasteiger charge is 2.11. The lowest BCUT2D eigenvalue weighted by molar-refractivity contribution is 0.394. The maximum Gasteiger partial charge on any atom is 0.205 e. The van der Waals surface area contributed by atoms with Crippen molar-refractivity contribution in [1.82, 2.24) is 4.68 Å². The summed E-state index contributed by atoms with van der Waals surface area (Å²) >= 11 is 1.57. The Morgan fingerprint density at radius 1 is 1.04 bits per heavy atom. The zero-order chi connectivity index (χ0) is 19.4. The van der Waals surface area contributed by atoms with Gasteiger partial charge in [0.25, 0.3) is 0 Å². The van der Waals surface area contributed by atoms with Crippen molar-refractivity contribution in [3.63, 3.8) is 0 Å².